The summed E-state index contributed by atoms with van der Waals surface area (Å²) in [5.41, 5.74) is 2.10. The summed E-state index contributed by atoms with van der Waals surface area (Å²) in [4.78, 5) is 27.7. The highest BCUT2D eigenvalue weighted by atomic mass is 16.5. The highest BCUT2D eigenvalue weighted by molar-refractivity contribution is 6.03. The van der Waals surface area contributed by atoms with Gasteiger partial charge >= 0.3 is 0 Å². The highest BCUT2D eigenvalue weighted by Gasteiger charge is 2.26. The minimum absolute atomic E-state index is 0.0460. The molecule has 0 spiro atoms. The first-order valence-corrected chi connectivity index (χ1v) is 7.66. The Morgan fingerprint density at radius 3 is 2.83 bits per heavy atom. The van der Waals surface area contributed by atoms with Gasteiger partial charge in [-0.15, -0.1) is 0 Å². The Bertz CT molecular complexity index is 738. The number of carbonyl (C=O) groups is 2. The fourth-order valence-electron chi connectivity index (χ4n) is 2.85. The molecule has 0 unspecified atom stereocenters. The van der Waals surface area contributed by atoms with E-state index in [1.54, 1.807) is 17.9 Å². The molecule has 0 atom stereocenters. The van der Waals surface area contributed by atoms with E-state index < -0.39 is 0 Å². The number of hydrogen-bond acceptors (Lipinski definition) is 4. The number of benzene rings is 1. The third-order valence-corrected chi connectivity index (χ3v) is 3.98. The summed E-state index contributed by atoms with van der Waals surface area (Å²) in [5, 5.41) is 3.84. The Hall–Kier alpha value is -2.63. The van der Waals surface area contributed by atoms with E-state index in [0.29, 0.717) is 18.1 Å². The third kappa shape index (κ3) is 3.11. The van der Waals surface area contributed by atoms with Crippen molar-refractivity contribution in [1.29, 1.82) is 0 Å². The van der Waals surface area contributed by atoms with Crippen LogP contribution in [-0.2, 0) is 16.0 Å². The SMILES string of the molecule is CC(=O)N(CC(=O)N1CCCc2ccccc21)c1cc(C)on1. The van der Waals surface area contributed by atoms with Gasteiger partial charge < -0.3 is 9.42 Å². The van der Waals surface area contributed by atoms with Crippen molar-refractivity contribution in [2.24, 2.45) is 0 Å². The summed E-state index contributed by atoms with van der Waals surface area (Å²) >= 11 is 0. The van der Waals surface area contributed by atoms with Crippen LogP contribution in [0.15, 0.2) is 34.9 Å². The lowest BCUT2D eigenvalue weighted by Gasteiger charge is -2.31. The molecular weight excluding hydrogens is 294 g/mol. The van der Waals surface area contributed by atoms with Crippen LogP contribution in [0, 0.1) is 6.92 Å². The number of rotatable bonds is 3. The molecule has 0 fully saturated rings. The normalized spacial score (nSPS) is 13.6. The summed E-state index contributed by atoms with van der Waals surface area (Å²) in [6.45, 7) is 3.79. The van der Waals surface area contributed by atoms with Crippen molar-refractivity contribution >= 4 is 23.3 Å². The number of fused-ring (bicyclic) bond motifs is 1. The summed E-state index contributed by atoms with van der Waals surface area (Å²) in [7, 11) is 0. The van der Waals surface area contributed by atoms with E-state index in [1.807, 2.05) is 24.3 Å². The van der Waals surface area contributed by atoms with Gasteiger partial charge in [-0.25, -0.2) is 0 Å². The minimum Gasteiger partial charge on any atom is -0.360 e. The van der Waals surface area contributed by atoms with Crippen LogP contribution in [0.25, 0.3) is 0 Å². The molecule has 0 radical (unpaired) electrons. The van der Waals surface area contributed by atoms with E-state index in [1.165, 1.54) is 17.4 Å². The highest BCUT2D eigenvalue weighted by Crippen LogP contribution is 2.27. The van der Waals surface area contributed by atoms with Crippen molar-refractivity contribution < 1.29 is 14.1 Å². The largest absolute Gasteiger partial charge is 0.360 e. The predicted molar refractivity (Wildman–Crippen MR) is 86.4 cm³/mol. The molecule has 0 saturated heterocycles. The number of carbonyl (C=O) groups excluding carboxylic acids is 2. The standard InChI is InChI=1S/C17H19N3O3/c1-12-10-16(18-23-12)20(13(2)21)11-17(22)19-9-5-7-14-6-3-4-8-15(14)19/h3-4,6,8,10H,5,7,9,11H2,1-2H3. The second-order valence-corrected chi connectivity index (χ2v) is 5.68. The number of para-hydroxylation sites is 1. The topological polar surface area (TPSA) is 66.7 Å². The molecule has 2 heterocycles. The number of amides is 2. The van der Waals surface area contributed by atoms with Gasteiger partial charge in [-0.2, -0.15) is 0 Å². The van der Waals surface area contributed by atoms with Gasteiger partial charge in [0.05, 0.1) is 0 Å². The monoisotopic (exact) mass is 313 g/mol. The molecule has 3 rings (SSSR count). The maximum Gasteiger partial charge on any atom is 0.247 e. The molecule has 0 bridgehead atoms. The van der Waals surface area contributed by atoms with E-state index in [2.05, 4.69) is 5.16 Å². The number of nitrogens with zero attached hydrogens (tertiary/aromatic N) is 3. The maximum atomic E-state index is 12.7. The fourth-order valence-corrected chi connectivity index (χ4v) is 2.85. The number of anilines is 2. The van der Waals surface area contributed by atoms with Gasteiger partial charge in [0.1, 0.15) is 12.3 Å². The van der Waals surface area contributed by atoms with Crippen molar-refractivity contribution in [3.63, 3.8) is 0 Å². The van der Waals surface area contributed by atoms with Crippen molar-refractivity contribution in [2.45, 2.75) is 26.7 Å². The van der Waals surface area contributed by atoms with E-state index in [4.69, 9.17) is 4.52 Å². The first-order valence-electron chi connectivity index (χ1n) is 7.66. The summed E-state index contributed by atoms with van der Waals surface area (Å²) in [6, 6.07) is 9.54. The van der Waals surface area contributed by atoms with Crippen molar-refractivity contribution in [3.05, 3.63) is 41.7 Å². The smallest absolute Gasteiger partial charge is 0.247 e. The molecule has 2 amide bonds. The van der Waals surface area contributed by atoms with E-state index in [-0.39, 0.29) is 18.4 Å². The maximum absolute atomic E-state index is 12.7. The molecule has 2 aromatic rings. The Labute approximate surface area is 134 Å². The number of aryl methyl sites for hydroxylation is 2. The zero-order valence-corrected chi connectivity index (χ0v) is 13.3. The third-order valence-electron chi connectivity index (χ3n) is 3.98. The number of aromatic nitrogens is 1. The van der Waals surface area contributed by atoms with Gasteiger partial charge in [0, 0.05) is 25.2 Å². The van der Waals surface area contributed by atoms with Gasteiger partial charge in [0.15, 0.2) is 5.82 Å². The second-order valence-electron chi connectivity index (χ2n) is 5.68. The molecule has 0 N–H and O–H groups in total. The Morgan fingerprint density at radius 2 is 2.13 bits per heavy atom. The Balaban J connectivity index is 1.82. The predicted octanol–water partition coefficient (Wildman–Crippen LogP) is 2.32. The van der Waals surface area contributed by atoms with Crippen LogP contribution < -0.4 is 9.80 Å². The molecule has 1 aromatic carbocycles. The van der Waals surface area contributed by atoms with Crippen LogP contribution in [0.2, 0.25) is 0 Å². The van der Waals surface area contributed by atoms with E-state index >= 15 is 0 Å². The first-order chi connectivity index (χ1) is 11.1. The van der Waals surface area contributed by atoms with Crippen molar-refractivity contribution in [3.8, 4) is 0 Å². The lowest BCUT2D eigenvalue weighted by Crippen LogP contribution is -2.44. The van der Waals surface area contributed by atoms with Crippen molar-refractivity contribution in [1.82, 2.24) is 5.16 Å². The van der Waals surface area contributed by atoms with Gasteiger partial charge in [-0.1, -0.05) is 23.4 Å². The quantitative estimate of drug-likeness (QED) is 0.872. The molecule has 6 nitrogen and oxygen atoms in total. The summed E-state index contributed by atoms with van der Waals surface area (Å²) < 4.78 is 5.01. The van der Waals surface area contributed by atoms with Gasteiger partial charge in [0.25, 0.3) is 0 Å². The van der Waals surface area contributed by atoms with Crippen LogP contribution in [0.1, 0.15) is 24.7 Å². The summed E-state index contributed by atoms with van der Waals surface area (Å²) in [6.07, 6.45) is 1.89. The first kappa shape index (κ1) is 15.3. The summed E-state index contributed by atoms with van der Waals surface area (Å²) in [5.74, 6) is 0.612. The molecule has 6 heteroatoms. The second kappa shape index (κ2) is 6.24. The van der Waals surface area contributed by atoms with Crippen LogP contribution in [-0.4, -0.2) is 30.1 Å². The van der Waals surface area contributed by atoms with E-state index in [9.17, 15) is 9.59 Å². The zero-order valence-electron chi connectivity index (χ0n) is 13.3. The van der Waals surface area contributed by atoms with Gasteiger partial charge in [0.2, 0.25) is 11.8 Å². The van der Waals surface area contributed by atoms with Gasteiger partial charge in [-0.3, -0.25) is 14.5 Å². The number of hydrogen-bond donors (Lipinski definition) is 0. The molecular formula is C17H19N3O3. The molecule has 120 valence electrons. The zero-order chi connectivity index (χ0) is 16.4. The average Bonchev–Trinajstić information content (AvgIpc) is 2.97. The lowest BCUT2D eigenvalue weighted by atomic mass is 10.0. The van der Waals surface area contributed by atoms with Crippen LogP contribution in [0.4, 0.5) is 11.5 Å². The Kier molecular flexibility index (Phi) is 4.14. The van der Waals surface area contributed by atoms with Crippen molar-refractivity contribution in [2.75, 3.05) is 22.9 Å². The molecule has 0 saturated carbocycles. The van der Waals surface area contributed by atoms with E-state index in [0.717, 1.165) is 18.5 Å². The molecule has 0 aliphatic carbocycles. The van der Waals surface area contributed by atoms with Gasteiger partial charge in [-0.05, 0) is 31.4 Å². The molecule has 1 aliphatic heterocycles. The van der Waals surface area contributed by atoms with Crippen LogP contribution >= 0.6 is 0 Å². The molecule has 1 aromatic heterocycles. The average molecular weight is 313 g/mol. The lowest BCUT2D eigenvalue weighted by molar-refractivity contribution is -0.121. The molecule has 1 aliphatic rings. The fraction of sp³-hybridized carbons (Fsp3) is 0.353. The van der Waals surface area contributed by atoms with Crippen LogP contribution in [0.5, 0.6) is 0 Å². The minimum atomic E-state index is -0.239. The van der Waals surface area contributed by atoms with Crippen LogP contribution in [0.3, 0.4) is 0 Å². The molecule has 23 heavy (non-hydrogen) atoms. The Morgan fingerprint density at radius 1 is 1.35 bits per heavy atom.